The van der Waals surface area contributed by atoms with Gasteiger partial charge in [0.25, 0.3) is 0 Å². The van der Waals surface area contributed by atoms with Crippen LogP contribution >= 0.6 is 15.9 Å². The first-order valence-electron chi connectivity index (χ1n) is 12.0. The SMILES string of the molecule is CCCc1nc(CC)c(C(=O)COc2ccccc2Oc2ccccc2)n1Cc1ccc(Br)cc1F. The third kappa shape index (κ3) is 6.02. The summed E-state index contributed by atoms with van der Waals surface area (Å²) in [6.45, 7) is 4.04. The first-order chi connectivity index (χ1) is 17.5. The second-order valence-electron chi connectivity index (χ2n) is 8.32. The molecule has 0 unspecified atom stereocenters. The molecule has 1 heterocycles. The maximum absolute atomic E-state index is 14.7. The van der Waals surface area contributed by atoms with Crippen LogP contribution in [0.5, 0.6) is 17.2 Å². The minimum atomic E-state index is -0.333. The van der Waals surface area contributed by atoms with Gasteiger partial charge in [-0.1, -0.05) is 66.2 Å². The van der Waals surface area contributed by atoms with Crippen LogP contribution < -0.4 is 9.47 Å². The van der Waals surface area contributed by atoms with Crippen molar-refractivity contribution in [2.24, 2.45) is 0 Å². The summed E-state index contributed by atoms with van der Waals surface area (Å²) in [5.74, 6) is 1.88. The summed E-state index contributed by atoms with van der Waals surface area (Å²) in [7, 11) is 0. The van der Waals surface area contributed by atoms with E-state index >= 15 is 0 Å². The topological polar surface area (TPSA) is 53.4 Å². The normalized spacial score (nSPS) is 10.9. The maximum Gasteiger partial charge on any atom is 0.218 e. The van der Waals surface area contributed by atoms with Gasteiger partial charge in [-0.25, -0.2) is 9.37 Å². The molecule has 0 amide bonds. The predicted octanol–water partition coefficient (Wildman–Crippen LogP) is 7.40. The van der Waals surface area contributed by atoms with Crippen molar-refractivity contribution in [2.45, 2.75) is 39.7 Å². The van der Waals surface area contributed by atoms with Crippen LogP contribution in [-0.2, 0) is 19.4 Å². The fourth-order valence-corrected chi connectivity index (χ4v) is 4.33. The number of para-hydroxylation sites is 3. The van der Waals surface area contributed by atoms with Gasteiger partial charge < -0.3 is 14.0 Å². The first kappa shape index (κ1) is 25.6. The Hall–Kier alpha value is -3.45. The highest BCUT2D eigenvalue weighted by atomic mass is 79.9. The third-order valence-electron chi connectivity index (χ3n) is 5.71. The number of ether oxygens (including phenoxy) is 2. The van der Waals surface area contributed by atoms with Crippen molar-refractivity contribution in [1.82, 2.24) is 9.55 Å². The second-order valence-corrected chi connectivity index (χ2v) is 9.24. The van der Waals surface area contributed by atoms with Crippen LogP contribution in [0.2, 0.25) is 0 Å². The lowest BCUT2D eigenvalue weighted by Crippen LogP contribution is -2.20. The number of benzene rings is 3. The zero-order valence-electron chi connectivity index (χ0n) is 20.3. The summed E-state index contributed by atoms with van der Waals surface area (Å²) in [6, 6.07) is 21.6. The Bertz CT molecular complexity index is 1340. The van der Waals surface area contributed by atoms with Gasteiger partial charge in [-0.15, -0.1) is 0 Å². The number of aromatic nitrogens is 2. The minimum absolute atomic E-state index is 0.192. The summed E-state index contributed by atoms with van der Waals surface area (Å²) >= 11 is 3.30. The molecule has 0 fully saturated rings. The van der Waals surface area contributed by atoms with Gasteiger partial charge in [0.2, 0.25) is 5.78 Å². The van der Waals surface area contributed by atoms with E-state index in [1.54, 1.807) is 24.3 Å². The molecule has 1 aromatic heterocycles. The molecule has 0 saturated carbocycles. The maximum atomic E-state index is 14.7. The average molecular weight is 551 g/mol. The van der Waals surface area contributed by atoms with E-state index in [0.717, 1.165) is 12.2 Å². The van der Waals surface area contributed by atoms with E-state index in [1.807, 2.05) is 54.0 Å². The molecule has 0 spiro atoms. The van der Waals surface area contributed by atoms with Gasteiger partial charge in [0.05, 0.1) is 12.2 Å². The lowest BCUT2D eigenvalue weighted by atomic mass is 10.1. The molecule has 0 atom stereocenters. The fourth-order valence-electron chi connectivity index (χ4n) is 4.00. The Morgan fingerprint density at radius 2 is 1.72 bits per heavy atom. The smallest absolute Gasteiger partial charge is 0.218 e. The van der Waals surface area contributed by atoms with Crippen LogP contribution in [-0.4, -0.2) is 21.9 Å². The quantitative estimate of drug-likeness (QED) is 0.182. The van der Waals surface area contributed by atoms with Crippen LogP contribution in [0.3, 0.4) is 0 Å². The molecule has 3 aromatic carbocycles. The van der Waals surface area contributed by atoms with Crippen LogP contribution in [0, 0.1) is 5.82 Å². The van der Waals surface area contributed by atoms with Crippen molar-refractivity contribution in [2.75, 3.05) is 6.61 Å². The van der Waals surface area contributed by atoms with Crippen LogP contribution in [0.4, 0.5) is 4.39 Å². The molecule has 0 aliphatic heterocycles. The van der Waals surface area contributed by atoms with Crippen molar-refractivity contribution >= 4 is 21.7 Å². The molecule has 4 aromatic rings. The van der Waals surface area contributed by atoms with Crippen molar-refractivity contribution in [3.05, 3.63) is 106 Å². The van der Waals surface area contributed by atoms with Crippen molar-refractivity contribution in [1.29, 1.82) is 0 Å². The molecule has 5 nitrogen and oxygen atoms in total. The van der Waals surface area contributed by atoms with E-state index in [0.29, 0.717) is 51.5 Å². The Kier molecular flexibility index (Phi) is 8.54. The van der Waals surface area contributed by atoms with E-state index in [-0.39, 0.29) is 24.8 Å². The van der Waals surface area contributed by atoms with E-state index in [4.69, 9.17) is 14.5 Å². The van der Waals surface area contributed by atoms with E-state index < -0.39 is 0 Å². The fraction of sp³-hybridized carbons (Fsp3) is 0.241. The summed E-state index contributed by atoms with van der Waals surface area (Å²) in [4.78, 5) is 18.2. The van der Waals surface area contributed by atoms with Crippen molar-refractivity contribution in [3.8, 4) is 17.2 Å². The Morgan fingerprint density at radius 3 is 2.42 bits per heavy atom. The molecule has 186 valence electrons. The van der Waals surface area contributed by atoms with E-state index in [1.165, 1.54) is 6.07 Å². The molecule has 0 aliphatic rings. The van der Waals surface area contributed by atoms with Crippen LogP contribution in [0.1, 0.15) is 47.8 Å². The van der Waals surface area contributed by atoms with Crippen molar-refractivity contribution in [3.63, 3.8) is 0 Å². The zero-order valence-corrected chi connectivity index (χ0v) is 21.9. The van der Waals surface area contributed by atoms with Gasteiger partial charge in [-0.05, 0) is 49.2 Å². The largest absolute Gasteiger partial charge is 0.481 e. The summed E-state index contributed by atoms with van der Waals surface area (Å²) in [5.41, 5.74) is 1.65. The molecule has 0 saturated heterocycles. The van der Waals surface area contributed by atoms with Gasteiger partial charge >= 0.3 is 0 Å². The molecule has 4 rings (SSSR count). The summed E-state index contributed by atoms with van der Waals surface area (Å²) in [5, 5.41) is 0. The molecule has 0 bridgehead atoms. The van der Waals surface area contributed by atoms with Gasteiger partial charge in [-0.3, -0.25) is 4.79 Å². The monoisotopic (exact) mass is 550 g/mol. The third-order valence-corrected chi connectivity index (χ3v) is 6.21. The van der Waals surface area contributed by atoms with Gasteiger partial charge in [0, 0.05) is 16.5 Å². The van der Waals surface area contributed by atoms with Gasteiger partial charge in [0.15, 0.2) is 18.1 Å². The van der Waals surface area contributed by atoms with E-state index in [9.17, 15) is 9.18 Å². The van der Waals surface area contributed by atoms with Gasteiger partial charge in [-0.2, -0.15) is 0 Å². The number of hydrogen-bond acceptors (Lipinski definition) is 4. The number of carbonyl (C=O) groups excluding carboxylic acids is 1. The number of Topliss-reactive ketones (excluding diaryl/α,β-unsaturated/α-hetero) is 1. The second kappa shape index (κ2) is 12.0. The Morgan fingerprint density at radius 1 is 1.00 bits per heavy atom. The number of rotatable bonds is 11. The number of ketones is 1. The lowest BCUT2D eigenvalue weighted by molar-refractivity contribution is 0.0909. The molecule has 7 heteroatoms. The number of halogens is 2. The van der Waals surface area contributed by atoms with E-state index in [2.05, 4.69) is 22.9 Å². The highest BCUT2D eigenvalue weighted by Crippen LogP contribution is 2.31. The number of hydrogen-bond donors (Lipinski definition) is 0. The number of carbonyl (C=O) groups is 1. The number of aryl methyl sites for hydroxylation is 2. The average Bonchev–Trinajstić information content (AvgIpc) is 3.23. The van der Waals surface area contributed by atoms with Gasteiger partial charge in [0.1, 0.15) is 23.1 Å². The molecule has 36 heavy (non-hydrogen) atoms. The number of imidazole rings is 1. The first-order valence-corrected chi connectivity index (χ1v) is 12.8. The molecule has 0 radical (unpaired) electrons. The Balaban J connectivity index is 1.60. The number of nitrogens with zero attached hydrogens (tertiary/aromatic N) is 2. The molecule has 0 N–H and O–H groups in total. The standard InChI is InChI=1S/C29H28BrFN2O3/c1-3-10-28-32-24(4-2)29(33(28)18-20-15-16-21(30)17-23(20)31)25(34)19-35-26-13-8-9-14-27(26)36-22-11-6-5-7-12-22/h5-9,11-17H,3-4,10,18-19H2,1-2H3. The lowest BCUT2D eigenvalue weighted by Gasteiger charge is -2.15. The summed E-state index contributed by atoms with van der Waals surface area (Å²) < 4.78 is 29.1. The molecular weight excluding hydrogens is 523 g/mol. The van der Waals surface area contributed by atoms with Crippen LogP contribution in [0.25, 0.3) is 0 Å². The Labute approximate surface area is 219 Å². The highest BCUT2D eigenvalue weighted by molar-refractivity contribution is 9.10. The molecular formula is C29H28BrFN2O3. The van der Waals surface area contributed by atoms with Crippen molar-refractivity contribution < 1.29 is 18.7 Å². The summed E-state index contributed by atoms with van der Waals surface area (Å²) in [6.07, 6.45) is 2.13. The predicted molar refractivity (Wildman–Crippen MR) is 142 cm³/mol. The highest BCUT2D eigenvalue weighted by Gasteiger charge is 2.23. The zero-order chi connectivity index (χ0) is 25.5. The van der Waals surface area contributed by atoms with Crippen LogP contribution in [0.15, 0.2) is 77.3 Å². The minimum Gasteiger partial charge on any atom is -0.481 e. The molecule has 0 aliphatic carbocycles.